The van der Waals surface area contributed by atoms with E-state index < -0.39 is 27.3 Å². The van der Waals surface area contributed by atoms with Crippen LogP contribution < -0.4 is 10.3 Å². The SMILES string of the molecule is Cc1oc(C(=O)O)cc1S(=O)(=O)Nc1ccc(=O)[nH]n1. The minimum atomic E-state index is -4.06. The quantitative estimate of drug-likeness (QED) is 0.730. The van der Waals surface area contributed by atoms with Crippen LogP contribution in [-0.2, 0) is 10.0 Å². The van der Waals surface area contributed by atoms with Crippen molar-refractivity contribution < 1.29 is 22.7 Å². The molecule has 0 aliphatic rings. The maximum atomic E-state index is 12.0. The maximum absolute atomic E-state index is 12.0. The highest BCUT2D eigenvalue weighted by Crippen LogP contribution is 2.21. The molecule has 0 unspecified atom stereocenters. The summed E-state index contributed by atoms with van der Waals surface area (Å²) < 4.78 is 31.0. The van der Waals surface area contributed by atoms with Crippen LogP contribution in [0.15, 0.2) is 32.3 Å². The summed E-state index contributed by atoms with van der Waals surface area (Å²) in [6, 6.07) is 3.16. The molecule has 20 heavy (non-hydrogen) atoms. The molecule has 0 aromatic carbocycles. The lowest BCUT2D eigenvalue weighted by Gasteiger charge is -2.04. The molecule has 0 spiro atoms. The highest BCUT2D eigenvalue weighted by molar-refractivity contribution is 7.92. The van der Waals surface area contributed by atoms with Gasteiger partial charge in [-0.3, -0.25) is 9.52 Å². The molecule has 0 aliphatic carbocycles. The lowest BCUT2D eigenvalue weighted by atomic mass is 10.4. The molecule has 2 heterocycles. The van der Waals surface area contributed by atoms with Crippen LogP contribution in [0.5, 0.6) is 0 Å². The number of aromatic amines is 1. The van der Waals surface area contributed by atoms with E-state index in [1.807, 2.05) is 0 Å². The summed E-state index contributed by atoms with van der Waals surface area (Å²) >= 11 is 0. The molecule has 0 radical (unpaired) electrons. The van der Waals surface area contributed by atoms with Gasteiger partial charge in [-0.05, 0) is 13.0 Å². The van der Waals surface area contributed by atoms with E-state index in [2.05, 4.69) is 14.9 Å². The zero-order valence-electron chi connectivity index (χ0n) is 10.1. The molecule has 0 atom stereocenters. The molecular weight excluding hydrogens is 290 g/mol. The Labute approximate surface area is 112 Å². The highest BCUT2D eigenvalue weighted by Gasteiger charge is 2.24. The van der Waals surface area contributed by atoms with Crippen LogP contribution in [0.2, 0.25) is 0 Å². The lowest BCUT2D eigenvalue weighted by Crippen LogP contribution is -2.16. The standard InChI is InChI=1S/C10H9N3O6S/c1-5-7(4-6(19-5)10(15)16)20(17,18)13-8-2-3-9(14)12-11-8/h2-4H,1H3,(H,11,13)(H,12,14)(H,15,16). The number of aryl methyl sites for hydroxylation is 1. The number of aromatic carboxylic acids is 1. The second kappa shape index (κ2) is 4.81. The average Bonchev–Trinajstić information content (AvgIpc) is 2.75. The number of sulfonamides is 1. The normalized spacial score (nSPS) is 11.2. The van der Waals surface area contributed by atoms with Crippen LogP contribution in [0.3, 0.4) is 0 Å². The molecule has 0 aliphatic heterocycles. The fraction of sp³-hybridized carbons (Fsp3) is 0.100. The topological polar surface area (TPSA) is 142 Å². The Bertz CT molecular complexity index is 799. The predicted octanol–water partition coefficient (Wildman–Crippen LogP) is 0.170. The third kappa shape index (κ3) is 2.69. The molecule has 9 nitrogen and oxygen atoms in total. The van der Waals surface area contributed by atoms with E-state index in [1.54, 1.807) is 0 Å². The molecule has 2 aromatic heterocycles. The van der Waals surface area contributed by atoms with Gasteiger partial charge >= 0.3 is 5.97 Å². The lowest BCUT2D eigenvalue weighted by molar-refractivity contribution is 0.0661. The van der Waals surface area contributed by atoms with Crippen LogP contribution >= 0.6 is 0 Å². The second-order valence-electron chi connectivity index (χ2n) is 3.75. The minimum Gasteiger partial charge on any atom is -0.475 e. The molecule has 0 saturated carbocycles. The predicted molar refractivity (Wildman–Crippen MR) is 66.1 cm³/mol. The molecular formula is C10H9N3O6S. The minimum absolute atomic E-state index is 0.0701. The Hall–Kier alpha value is -2.62. The van der Waals surface area contributed by atoms with Gasteiger partial charge < -0.3 is 9.52 Å². The number of carboxylic acids is 1. The molecule has 0 fully saturated rings. The van der Waals surface area contributed by atoms with Gasteiger partial charge in [0.1, 0.15) is 10.7 Å². The van der Waals surface area contributed by atoms with Crippen molar-refractivity contribution in [1.29, 1.82) is 0 Å². The van der Waals surface area contributed by atoms with E-state index in [9.17, 15) is 18.0 Å². The van der Waals surface area contributed by atoms with Crippen molar-refractivity contribution in [1.82, 2.24) is 10.2 Å². The van der Waals surface area contributed by atoms with Crippen LogP contribution in [-0.4, -0.2) is 29.7 Å². The van der Waals surface area contributed by atoms with Crippen molar-refractivity contribution in [3.63, 3.8) is 0 Å². The number of H-pyrrole nitrogens is 1. The van der Waals surface area contributed by atoms with Gasteiger partial charge in [0, 0.05) is 12.1 Å². The van der Waals surface area contributed by atoms with E-state index in [4.69, 9.17) is 9.52 Å². The van der Waals surface area contributed by atoms with Crippen LogP contribution in [0.4, 0.5) is 5.82 Å². The van der Waals surface area contributed by atoms with Crippen LogP contribution in [0, 0.1) is 6.92 Å². The number of carbonyl (C=O) groups is 1. The van der Waals surface area contributed by atoms with Crippen molar-refractivity contribution >= 4 is 21.8 Å². The van der Waals surface area contributed by atoms with Crippen molar-refractivity contribution in [2.75, 3.05) is 4.72 Å². The van der Waals surface area contributed by atoms with E-state index in [0.717, 1.165) is 12.1 Å². The van der Waals surface area contributed by atoms with Crippen molar-refractivity contribution in [3.8, 4) is 0 Å². The number of rotatable bonds is 4. The second-order valence-corrected chi connectivity index (χ2v) is 5.40. The number of nitrogens with one attached hydrogen (secondary N) is 2. The third-order valence-electron chi connectivity index (χ3n) is 2.29. The monoisotopic (exact) mass is 299 g/mol. The fourth-order valence-electron chi connectivity index (χ4n) is 1.43. The molecule has 2 aromatic rings. The van der Waals surface area contributed by atoms with Gasteiger partial charge in [0.2, 0.25) is 5.76 Å². The zero-order chi connectivity index (χ0) is 14.9. The molecule has 0 bridgehead atoms. The summed E-state index contributed by atoms with van der Waals surface area (Å²) in [6.45, 7) is 1.32. The average molecular weight is 299 g/mol. The number of hydrogen-bond acceptors (Lipinski definition) is 6. The number of aromatic nitrogens is 2. The van der Waals surface area contributed by atoms with E-state index in [0.29, 0.717) is 0 Å². The Morgan fingerprint density at radius 2 is 2.15 bits per heavy atom. The number of hydrogen-bond donors (Lipinski definition) is 3. The van der Waals surface area contributed by atoms with Gasteiger partial charge in [0.15, 0.2) is 5.82 Å². The number of anilines is 1. The van der Waals surface area contributed by atoms with Crippen molar-refractivity contribution in [3.05, 3.63) is 40.1 Å². The Morgan fingerprint density at radius 1 is 1.45 bits per heavy atom. The van der Waals surface area contributed by atoms with Gasteiger partial charge in [0.25, 0.3) is 15.6 Å². The van der Waals surface area contributed by atoms with Gasteiger partial charge in [-0.25, -0.2) is 18.3 Å². The van der Waals surface area contributed by atoms with Gasteiger partial charge in [-0.2, -0.15) is 5.10 Å². The Balaban J connectivity index is 2.37. The summed E-state index contributed by atoms with van der Waals surface area (Å²) in [7, 11) is -4.06. The van der Waals surface area contributed by atoms with Crippen LogP contribution in [0.25, 0.3) is 0 Å². The molecule has 0 amide bonds. The first kappa shape index (κ1) is 13.8. The summed E-state index contributed by atoms with van der Waals surface area (Å²) in [4.78, 5) is 21.2. The van der Waals surface area contributed by atoms with Crippen molar-refractivity contribution in [2.45, 2.75) is 11.8 Å². The van der Waals surface area contributed by atoms with Gasteiger partial charge in [-0.1, -0.05) is 0 Å². The molecule has 106 valence electrons. The molecule has 0 saturated heterocycles. The fourth-order valence-corrected chi connectivity index (χ4v) is 2.61. The maximum Gasteiger partial charge on any atom is 0.371 e. The number of furan rings is 1. The summed E-state index contributed by atoms with van der Waals surface area (Å²) in [5.41, 5.74) is -0.486. The van der Waals surface area contributed by atoms with Crippen LogP contribution in [0.1, 0.15) is 16.3 Å². The zero-order valence-corrected chi connectivity index (χ0v) is 10.9. The highest BCUT2D eigenvalue weighted by atomic mass is 32.2. The first-order valence-electron chi connectivity index (χ1n) is 5.22. The molecule has 3 N–H and O–H groups in total. The Morgan fingerprint density at radius 3 is 2.65 bits per heavy atom. The van der Waals surface area contributed by atoms with Gasteiger partial charge in [-0.15, -0.1) is 0 Å². The largest absolute Gasteiger partial charge is 0.475 e. The smallest absolute Gasteiger partial charge is 0.371 e. The molecule has 2 rings (SSSR count). The van der Waals surface area contributed by atoms with Crippen molar-refractivity contribution in [2.24, 2.45) is 0 Å². The van der Waals surface area contributed by atoms with E-state index in [-0.39, 0.29) is 16.5 Å². The van der Waals surface area contributed by atoms with E-state index >= 15 is 0 Å². The summed E-state index contributed by atoms with van der Waals surface area (Å²) in [6.07, 6.45) is 0. The first-order chi connectivity index (χ1) is 9.29. The third-order valence-corrected chi connectivity index (χ3v) is 3.75. The van der Waals surface area contributed by atoms with Gasteiger partial charge in [0.05, 0.1) is 0 Å². The number of nitrogens with zero attached hydrogens (tertiary/aromatic N) is 1. The molecule has 10 heteroatoms. The summed E-state index contributed by atoms with van der Waals surface area (Å²) in [5, 5.41) is 14.3. The first-order valence-corrected chi connectivity index (χ1v) is 6.70. The summed E-state index contributed by atoms with van der Waals surface area (Å²) in [5.74, 6) is -2.05. The number of carboxylic acid groups (broad SMARTS) is 1. The Kier molecular flexibility index (Phi) is 3.32. The van der Waals surface area contributed by atoms with E-state index in [1.165, 1.54) is 13.0 Å².